The van der Waals surface area contributed by atoms with Gasteiger partial charge in [-0.25, -0.2) is 4.79 Å². The molecule has 0 heterocycles. The molecule has 2 unspecified atom stereocenters. The van der Waals surface area contributed by atoms with Crippen molar-refractivity contribution in [2.45, 2.75) is 65.6 Å². The van der Waals surface area contributed by atoms with E-state index < -0.39 is 41.6 Å². The van der Waals surface area contributed by atoms with Crippen LogP contribution in [0.2, 0.25) is 0 Å². The summed E-state index contributed by atoms with van der Waals surface area (Å²) in [4.78, 5) is 51.7. The van der Waals surface area contributed by atoms with Crippen LogP contribution in [0.3, 0.4) is 0 Å². The maximum Gasteiger partial charge on any atom is 0.408 e. The minimum Gasteiger partial charge on any atom is -0.466 e. The largest absolute Gasteiger partial charge is 0.466 e. The third kappa shape index (κ3) is 8.89. The highest BCUT2D eigenvalue weighted by Crippen LogP contribution is 2.26. The Bertz CT molecular complexity index is 884. The normalized spacial score (nSPS) is 12.8. The number of hydrogen-bond donors (Lipinski definition) is 3. The van der Waals surface area contributed by atoms with Crippen LogP contribution in [-0.4, -0.2) is 66.4 Å². The summed E-state index contributed by atoms with van der Waals surface area (Å²) < 4.78 is 10.1. The number of benzene rings is 1. The molecule has 1 aromatic carbocycles. The lowest BCUT2D eigenvalue weighted by Crippen LogP contribution is -2.52. The molecule has 1 aromatic rings. The van der Waals surface area contributed by atoms with E-state index in [2.05, 4.69) is 23.3 Å². The Labute approximate surface area is 207 Å². The van der Waals surface area contributed by atoms with Gasteiger partial charge < -0.3 is 25.0 Å². The van der Waals surface area contributed by atoms with Crippen LogP contribution >= 0.6 is 12.6 Å². The summed E-state index contributed by atoms with van der Waals surface area (Å²) in [7, 11) is 1.49. The Balaban J connectivity index is 3.15. The number of carbonyl (C=O) groups excluding carboxylic acids is 4. The molecule has 0 saturated heterocycles. The number of alkyl carbamates (subject to hydrolysis) is 1. The van der Waals surface area contributed by atoms with Crippen molar-refractivity contribution >= 4 is 36.5 Å². The Morgan fingerprint density at radius 2 is 1.79 bits per heavy atom. The van der Waals surface area contributed by atoms with Crippen LogP contribution in [-0.2, 0) is 23.9 Å². The first-order chi connectivity index (χ1) is 15.8. The molecule has 0 aliphatic heterocycles. The highest BCUT2D eigenvalue weighted by molar-refractivity contribution is 7.80. The van der Waals surface area contributed by atoms with Gasteiger partial charge in [0, 0.05) is 19.3 Å². The van der Waals surface area contributed by atoms with Crippen LogP contribution in [0, 0.1) is 13.8 Å². The molecule has 0 aliphatic carbocycles. The topological polar surface area (TPSA) is 114 Å². The molecule has 3 amide bonds. The second kappa shape index (κ2) is 13.2. The third-order valence-electron chi connectivity index (χ3n) is 5.03. The van der Waals surface area contributed by atoms with Crippen molar-refractivity contribution in [1.29, 1.82) is 0 Å². The van der Waals surface area contributed by atoms with Gasteiger partial charge in [0.2, 0.25) is 11.8 Å². The monoisotopic (exact) mass is 495 g/mol. The maximum absolute atomic E-state index is 13.3. The van der Waals surface area contributed by atoms with E-state index in [1.54, 1.807) is 33.8 Å². The van der Waals surface area contributed by atoms with Crippen LogP contribution in [0.25, 0.3) is 0 Å². The molecule has 34 heavy (non-hydrogen) atoms. The van der Waals surface area contributed by atoms with Crippen LogP contribution in [0.15, 0.2) is 18.2 Å². The predicted octanol–water partition coefficient (Wildman–Crippen LogP) is 2.70. The zero-order valence-corrected chi connectivity index (χ0v) is 22.0. The van der Waals surface area contributed by atoms with E-state index in [4.69, 9.17) is 9.47 Å². The zero-order valence-electron chi connectivity index (χ0n) is 21.1. The number of likely N-dealkylation sites (N-methyl/N-ethyl adjacent to an activating group) is 1. The summed E-state index contributed by atoms with van der Waals surface area (Å²) in [5.74, 6) is -1.38. The number of nitrogens with zero attached hydrogens (tertiary/aromatic N) is 1. The molecule has 0 fully saturated rings. The van der Waals surface area contributed by atoms with Crippen LogP contribution in [0.1, 0.15) is 56.8 Å². The summed E-state index contributed by atoms with van der Waals surface area (Å²) in [5, 5.41) is 5.24. The quantitative estimate of drug-likeness (QED) is 0.340. The summed E-state index contributed by atoms with van der Waals surface area (Å²) in [5.41, 5.74) is 1.72. The Kier molecular flexibility index (Phi) is 11.4. The molecule has 0 aromatic heterocycles. The number of nitrogens with one attached hydrogen (secondary N) is 2. The van der Waals surface area contributed by atoms with E-state index in [1.807, 2.05) is 26.0 Å². The third-order valence-corrected chi connectivity index (χ3v) is 5.39. The predicted molar refractivity (Wildman–Crippen MR) is 133 cm³/mol. The van der Waals surface area contributed by atoms with Crippen molar-refractivity contribution in [2.24, 2.45) is 0 Å². The van der Waals surface area contributed by atoms with Gasteiger partial charge in [-0.15, -0.1) is 0 Å². The van der Waals surface area contributed by atoms with Gasteiger partial charge in [-0.05, 0) is 58.2 Å². The first-order valence-corrected chi connectivity index (χ1v) is 11.8. The second-order valence-corrected chi connectivity index (χ2v) is 9.23. The Morgan fingerprint density at radius 3 is 2.35 bits per heavy atom. The van der Waals surface area contributed by atoms with Crippen molar-refractivity contribution in [2.75, 3.05) is 26.0 Å². The minimum absolute atomic E-state index is 0.00636. The molecule has 0 radical (unpaired) electrons. The molecule has 9 nitrogen and oxygen atoms in total. The molecule has 1 rings (SSSR count). The van der Waals surface area contributed by atoms with E-state index in [0.29, 0.717) is 5.56 Å². The zero-order chi connectivity index (χ0) is 26.1. The molecule has 10 heteroatoms. The van der Waals surface area contributed by atoms with E-state index in [9.17, 15) is 19.2 Å². The molecule has 0 bridgehead atoms. The SMILES string of the molecule is CCOC(=O)CCNC(=O)C(c1cccc(C)c1C)N(C)C(=O)C(CS)NC(=O)OC(C)(C)C. The molecular weight excluding hydrogens is 458 g/mol. The van der Waals surface area contributed by atoms with Crippen molar-refractivity contribution in [3.8, 4) is 0 Å². The van der Waals surface area contributed by atoms with Crippen molar-refractivity contribution in [1.82, 2.24) is 15.5 Å². The lowest BCUT2D eigenvalue weighted by atomic mass is 9.95. The van der Waals surface area contributed by atoms with Gasteiger partial charge in [0.05, 0.1) is 13.0 Å². The molecule has 2 N–H and O–H groups in total. The lowest BCUT2D eigenvalue weighted by molar-refractivity contribution is -0.143. The second-order valence-electron chi connectivity index (χ2n) is 8.87. The van der Waals surface area contributed by atoms with Gasteiger partial charge in [-0.2, -0.15) is 12.6 Å². The van der Waals surface area contributed by atoms with E-state index in [0.717, 1.165) is 11.1 Å². The molecule has 0 saturated carbocycles. The van der Waals surface area contributed by atoms with Crippen molar-refractivity contribution in [3.05, 3.63) is 34.9 Å². The van der Waals surface area contributed by atoms with Crippen LogP contribution in [0.4, 0.5) is 4.79 Å². The smallest absolute Gasteiger partial charge is 0.408 e. The van der Waals surface area contributed by atoms with Crippen molar-refractivity contribution in [3.63, 3.8) is 0 Å². The molecule has 0 aliphatic rings. The van der Waals surface area contributed by atoms with Crippen molar-refractivity contribution < 1.29 is 28.7 Å². The number of amides is 3. The summed E-state index contributed by atoms with van der Waals surface area (Å²) >= 11 is 4.21. The maximum atomic E-state index is 13.3. The Morgan fingerprint density at radius 1 is 1.15 bits per heavy atom. The minimum atomic E-state index is -1.01. The van der Waals surface area contributed by atoms with Gasteiger partial charge in [0.25, 0.3) is 0 Å². The van der Waals surface area contributed by atoms with Gasteiger partial charge in [-0.1, -0.05) is 18.2 Å². The summed E-state index contributed by atoms with van der Waals surface area (Å²) in [6, 6.07) is 3.50. The van der Waals surface area contributed by atoms with Crippen LogP contribution in [0.5, 0.6) is 0 Å². The van der Waals surface area contributed by atoms with Gasteiger partial charge in [0.15, 0.2) is 0 Å². The number of carbonyl (C=O) groups is 4. The molecular formula is C24H37N3O6S. The fourth-order valence-corrected chi connectivity index (χ4v) is 3.47. The Hall–Kier alpha value is -2.75. The highest BCUT2D eigenvalue weighted by Gasteiger charge is 2.34. The average molecular weight is 496 g/mol. The first kappa shape index (κ1) is 29.3. The van der Waals surface area contributed by atoms with E-state index in [-0.39, 0.29) is 25.3 Å². The highest BCUT2D eigenvalue weighted by atomic mass is 32.1. The van der Waals surface area contributed by atoms with Crippen LogP contribution < -0.4 is 10.6 Å². The fourth-order valence-electron chi connectivity index (χ4n) is 3.22. The number of esters is 1. The first-order valence-electron chi connectivity index (χ1n) is 11.2. The van der Waals surface area contributed by atoms with Gasteiger partial charge in [-0.3, -0.25) is 14.4 Å². The summed E-state index contributed by atoms with van der Waals surface area (Å²) in [6.45, 7) is 11.0. The number of hydrogen-bond acceptors (Lipinski definition) is 7. The number of rotatable bonds is 10. The number of ether oxygens (including phenoxy) is 2. The van der Waals surface area contributed by atoms with Gasteiger partial charge in [0.1, 0.15) is 17.7 Å². The number of aryl methyl sites for hydroxylation is 1. The standard InChI is InChI=1S/C24H37N3O6S/c1-8-32-19(28)12-13-25-21(29)20(17-11-9-10-15(2)16(17)3)27(7)22(30)18(14-34)26-23(31)33-24(4,5)6/h9-11,18,20,34H,8,12-14H2,1-7H3,(H,25,29)(H,26,31). The molecule has 2 atom stereocenters. The average Bonchev–Trinajstić information content (AvgIpc) is 2.73. The fraction of sp³-hybridized carbons (Fsp3) is 0.583. The van der Waals surface area contributed by atoms with Gasteiger partial charge >= 0.3 is 12.1 Å². The summed E-state index contributed by atoms with van der Waals surface area (Å²) in [6.07, 6.45) is -0.744. The number of thiol groups is 1. The molecule has 190 valence electrons. The lowest BCUT2D eigenvalue weighted by Gasteiger charge is -2.32. The van der Waals surface area contributed by atoms with E-state index >= 15 is 0 Å². The van der Waals surface area contributed by atoms with E-state index in [1.165, 1.54) is 11.9 Å². The molecule has 0 spiro atoms.